The van der Waals surface area contributed by atoms with E-state index in [0.29, 0.717) is 26.8 Å². The number of fused-ring (bicyclic) bond motifs is 2. The van der Waals surface area contributed by atoms with Gasteiger partial charge in [0.15, 0.2) is 0 Å². The summed E-state index contributed by atoms with van der Waals surface area (Å²) in [6.45, 7) is 0.144. The van der Waals surface area contributed by atoms with Crippen molar-refractivity contribution in [2.75, 3.05) is 12.0 Å². The Morgan fingerprint density at radius 3 is 2.41 bits per heavy atom. The molecular formula is C29H23FN2O4S. The van der Waals surface area contributed by atoms with Gasteiger partial charge in [0, 0.05) is 23.2 Å². The van der Waals surface area contributed by atoms with E-state index in [1.54, 1.807) is 61.7 Å². The highest BCUT2D eigenvalue weighted by atomic mass is 32.2. The van der Waals surface area contributed by atoms with Crippen LogP contribution >= 0.6 is 0 Å². The molecule has 186 valence electrons. The van der Waals surface area contributed by atoms with Gasteiger partial charge in [-0.15, -0.1) is 0 Å². The van der Waals surface area contributed by atoms with Gasteiger partial charge in [-0.25, -0.2) is 8.60 Å². The number of hydrogen-bond acceptors (Lipinski definition) is 4. The monoisotopic (exact) mass is 514 g/mol. The maximum Gasteiger partial charge on any atom is 0.259 e. The van der Waals surface area contributed by atoms with E-state index in [4.69, 9.17) is 4.74 Å². The zero-order chi connectivity index (χ0) is 25.9. The lowest BCUT2D eigenvalue weighted by Gasteiger charge is -2.24. The van der Waals surface area contributed by atoms with Crippen LogP contribution in [0.3, 0.4) is 0 Å². The smallest absolute Gasteiger partial charge is 0.259 e. The van der Waals surface area contributed by atoms with Crippen LogP contribution in [-0.4, -0.2) is 23.1 Å². The minimum Gasteiger partial charge on any atom is -0.496 e. The molecule has 1 N–H and O–H groups in total. The molecule has 1 heterocycles. The average Bonchev–Trinajstić information content (AvgIpc) is 3.02. The van der Waals surface area contributed by atoms with E-state index in [-0.39, 0.29) is 30.1 Å². The van der Waals surface area contributed by atoms with E-state index < -0.39 is 22.5 Å². The van der Waals surface area contributed by atoms with Gasteiger partial charge in [-0.1, -0.05) is 48.5 Å². The Kier molecular flexibility index (Phi) is 6.83. The molecule has 37 heavy (non-hydrogen) atoms. The second-order valence-corrected chi connectivity index (χ2v) is 9.84. The molecule has 2 amide bonds. The Bertz CT molecular complexity index is 1540. The van der Waals surface area contributed by atoms with E-state index >= 15 is 0 Å². The number of hydrogen-bond donors (Lipinski definition) is 1. The lowest BCUT2D eigenvalue weighted by molar-refractivity contribution is 0.0947. The zero-order valence-electron chi connectivity index (χ0n) is 19.9. The minimum absolute atomic E-state index is 0.0870. The number of rotatable bonds is 6. The number of anilines is 1. The summed E-state index contributed by atoms with van der Waals surface area (Å²) in [6, 6.07) is 24.9. The Morgan fingerprint density at radius 2 is 1.62 bits per heavy atom. The second-order valence-electron chi connectivity index (χ2n) is 8.42. The van der Waals surface area contributed by atoms with Crippen LogP contribution in [0.25, 0.3) is 0 Å². The molecule has 0 aliphatic carbocycles. The van der Waals surface area contributed by atoms with Crippen LogP contribution in [0.1, 0.15) is 31.8 Å². The predicted octanol–water partition coefficient (Wildman–Crippen LogP) is 5.09. The number of carbonyl (C=O) groups is 2. The minimum atomic E-state index is -1.68. The van der Waals surface area contributed by atoms with E-state index in [1.165, 1.54) is 17.0 Å². The number of halogens is 1. The van der Waals surface area contributed by atoms with Gasteiger partial charge in [-0.3, -0.25) is 9.59 Å². The highest BCUT2D eigenvalue weighted by molar-refractivity contribution is 7.85. The molecule has 0 saturated heterocycles. The van der Waals surface area contributed by atoms with Crippen LogP contribution in [0.2, 0.25) is 0 Å². The molecule has 0 fully saturated rings. The van der Waals surface area contributed by atoms with Crippen molar-refractivity contribution in [2.24, 2.45) is 0 Å². The van der Waals surface area contributed by atoms with E-state index in [9.17, 15) is 18.2 Å². The molecule has 1 aliphatic rings. The Labute approximate surface area is 216 Å². The van der Waals surface area contributed by atoms with Crippen LogP contribution in [0.4, 0.5) is 10.1 Å². The van der Waals surface area contributed by atoms with Gasteiger partial charge in [0.25, 0.3) is 11.8 Å². The van der Waals surface area contributed by atoms with E-state index in [2.05, 4.69) is 5.32 Å². The number of methoxy groups -OCH3 is 1. The van der Waals surface area contributed by atoms with Gasteiger partial charge in [0.2, 0.25) is 0 Å². The summed E-state index contributed by atoms with van der Waals surface area (Å²) in [5.41, 5.74) is 1.96. The highest BCUT2D eigenvalue weighted by Gasteiger charge is 2.32. The number of para-hydroxylation sites is 1. The summed E-state index contributed by atoms with van der Waals surface area (Å²) in [7, 11) is -0.114. The maximum absolute atomic E-state index is 14.6. The van der Waals surface area contributed by atoms with Gasteiger partial charge in [-0.05, 0) is 42.5 Å². The molecule has 0 bridgehead atoms. The van der Waals surface area contributed by atoms with E-state index in [0.717, 1.165) is 5.56 Å². The summed E-state index contributed by atoms with van der Waals surface area (Å²) in [5.74, 6) is -0.599. The van der Waals surface area contributed by atoms with Gasteiger partial charge < -0.3 is 15.0 Å². The molecule has 5 rings (SSSR count). The summed E-state index contributed by atoms with van der Waals surface area (Å²) in [4.78, 5) is 28.9. The van der Waals surface area contributed by atoms with Gasteiger partial charge >= 0.3 is 0 Å². The standard InChI is InChI=1S/C29H23FN2O4S/c1-36-25-12-6-3-8-20(25)17-31-28(33)19-14-15-27-24(16-19)32(18-21-9-2-5-11-23(21)30)29(34)22-10-4-7-13-26(22)37(27)35/h2-16H,17-18H2,1H3,(H,31,33)/t37-/m0/s1. The number of carbonyl (C=O) groups excluding carboxylic acids is 2. The third kappa shape index (κ3) is 4.75. The van der Waals surface area contributed by atoms with Crippen molar-refractivity contribution >= 4 is 28.3 Å². The topological polar surface area (TPSA) is 75.7 Å². The molecule has 1 aliphatic heterocycles. The maximum atomic E-state index is 14.6. The number of nitrogens with one attached hydrogen (secondary N) is 1. The summed E-state index contributed by atoms with van der Waals surface area (Å²) < 4.78 is 33.5. The fourth-order valence-electron chi connectivity index (χ4n) is 4.29. The molecule has 8 heteroatoms. The first kappa shape index (κ1) is 24.4. The molecule has 0 spiro atoms. The van der Waals surface area contributed by atoms with Crippen LogP contribution in [-0.2, 0) is 23.9 Å². The van der Waals surface area contributed by atoms with Gasteiger partial charge in [-0.2, -0.15) is 0 Å². The highest BCUT2D eigenvalue weighted by Crippen LogP contribution is 2.36. The van der Waals surface area contributed by atoms with E-state index in [1.807, 2.05) is 24.3 Å². The predicted molar refractivity (Wildman–Crippen MR) is 139 cm³/mol. The quantitative estimate of drug-likeness (QED) is 0.389. The van der Waals surface area contributed by atoms with Crippen LogP contribution in [0, 0.1) is 5.82 Å². The third-order valence-electron chi connectivity index (χ3n) is 6.19. The first-order valence-electron chi connectivity index (χ1n) is 11.6. The molecule has 0 aromatic heterocycles. The Balaban J connectivity index is 1.54. The number of ether oxygens (including phenoxy) is 1. The normalized spacial score (nSPS) is 14.4. The summed E-state index contributed by atoms with van der Waals surface area (Å²) >= 11 is 0. The van der Waals surface area contributed by atoms with Crippen LogP contribution < -0.4 is 15.0 Å². The molecule has 1 atom stereocenters. The second kappa shape index (κ2) is 10.4. The molecule has 0 radical (unpaired) electrons. The first-order chi connectivity index (χ1) is 18.0. The zero-order valence-corrected chi connectivity index (χ0v) is 20.8. The lowest BCUT2D eigenvalue weighted by atomic mass is 10.1. The number of amides is 2. The first-order valence-corrected chi connectivity index (χ1v) is 12.7. The summed E-state index contributed by atoms with van der Waals surface area (Å²) in [6.07, 6.45) is 0. The molecule has 6 nitrogen and oxygen atoms in total. The van der Waals surface area contributed by atoms with Crippen LogP contribution in [0.5, 0.6) is 5.75 Å². The molecule has 4 aromatic rings. The molecule has 4 aromatic carbocycles. The molecule has 0 unspecified atom stereocenters. The van der Waals surface area contributed by atoms with Crippen LogP contribution in [0.15, 0.2) is 101 Å². The third-order valence-corrected chi connectivity index (χ3v) is 7.69. The fourth-order valence-corrected chi connectivity index (χ4v) is 5.63. The average molecular weight is 515 g/mol. The van der Waals surface area contributed by atoms with Crippen molar-refractivity contribution in [3.63, 3.8) is 0 Å². The summed E-state index contributed by atoms with van der Waals surface area (Å²) in [5, 5.41) is 2.87. The largest absolute Gasteiger partial charge is 0.496 e. The Hall–Kier alpha value is -4.30. The van der Waals surface area contributed by atoms with Gasteiger partial charge in [0.1, 0.15) is 11.6 Å². The van der Waals surface area contributed by atoms with Gasteiger partial charge in [0.05, 0.1) is 45.5 Å². The van der Waals surface area contributed by atoms with Crippen molar-refractivity contribution in [2.45, 2.75) is 22.9 Å². The van der Waals surface area contributed by atoms with Crippen molar-refractivity contribution in [3.05, 3.63) is 119 Å². The van der Waals surface area contributed by atoms with Crippen molar-refractivity contribution in [1.82, 2.24) is 5.32 Å². The lowest BCUT2D eigenvalue weighted by Crippen LogP contribution is -2.31. The number of nitrogens with zero attached hydrogens (tertiary/aromatic N) is 1. The Morgan fingerprint density at radius 1 is 0.919 bits per heavy atom. The SMILES string of the molecule is COc1ccccc1CNC(=O)c1ccc2c(c1)N(Cc1ccccc1F)C(=O)c1ccccc1[S@@]2=O. The van der Waals surface area contributed by atoms with Crippen molar-refractivity contribution in [3.8, 4) is 5.75 Å². The molecular weight excluding hydrogens is 491 g/mol. The molecule has 0 saturated carbocycles. The van der Waals surface area contributed by atoms with Crippen molar-refractivity contribution in [1.29, 1.82) is 0 Å². The van der Waals surface area contributed by atoms with Crippen molar-refractivity contribution < 1.29 is 22.9 Å². The number of benzene rings is 4. The fraction of sp³-hybridized carbons (Fsp3) is 0.103.